The summed E-state index contributed by atoms with van der Waals surface area (Å²) in [6, 6.07) is 7.51. The van der Waals surface area contributed by atoms with Crippen LogP contribution in [0.1, 0.15) is 27.3 Å². The summed E-state index contributed by atoms with van der Waals surface area (Å²) >= 11 is 5.95. The maximum atomic E-state index is 13.9. The Kier molecular flexibility index (Phi) is 4.82. The van der Waals surface area contributed by atoms with Gasteiger partial charge in [-0.3, -0.25) is 0 Å². The summed E-state index contributed by atoms with van der Waals surface area (Å²) < 4.78 is 19.2. The number of hydrogen-bond donors (Lipinski definition) is 2. The minimum atomic E-state index is -1.30. The van der Waals surface area contributed by atoms with E-state index in [9.17, 15) is 9.18 Å². The van der Waals surface area contributed by atoms with Crippen LogP contribution in [0, 0.1) is 24.6 Å². The number of hydrogen-bond acceptors (Lipinski definition) is 5. The van der Waals surface area contributed by atoms with E-state index >= 15 is 0 Å². The lowest BCUT2D eigenvalue weighted by molar-refractivity contribution is 0.0687. The van der Waals surface area contributed by atoms with E-state index in [1.165, 1.54) is 6.07 Å². The van der Waals surface area contributed by atoms with Gasteiger partial charge in [-0.2, -0.15) is 0 Å². The van der Waals surface area contributed by atoms with E-state index in [1.807, 2.05) is 6.92 Å². The summed E-state index contributed by atoms with van der Waals surface area (Å²) in [5.74, 6) is 3.10. The van der Waals surface area contributed by atoms with Crippen LogP contribution in [0.2, 0.25) is 5.02 Å². The van der Waals surface area contributed by atoms with E-state index in [0.29, 0.717) is 10.6 Å². The van der Waals surface area contributed by atoms with Crippen LogP contribution in [-0.2, 0) is 0 Å². The molecule has 0 radical (unpaired) electrons. The van der Waals surface area contributed by atoms with Crippen LogP contribution in [0.5, 0.6) is 11.8 Å². The van der Waals surface area contributed by atoms with E-state index in [4.69, 9.17) is 21.4 Å². The van der Waals surface area contributed by atoms with E-state index in [2.05, 4.69) is 32.2 Å². The van der Waals surface area contributed by atoms with Gasteiger partial charge in [0.25, 0.3) is 5.88 Å². The molecule has 3 rings (SSSR count). The Morgan fingerprint density at radius 1 is 1.31 bits per heavy atom. The van der Waals surface area contributed by atoms with Crippen LogP contribution >= 0.6 is 11.6 Å². The standard InChI is InChI=1S/C17H10ClFN4O3/c1-9-8-10(2-4-11(9)18)3-6-13-12(19)5-7-14(20-13)26-16-15(17(24)25)21-23-22-16/h2,4-5,7-8H,1H3,(H,24,25)(H,21,22,23). The maximum absolute atomic E-state index is 13.9. The van der Waals surface area contributed by atoms with Gasteiger partial charge < -0.3 is 9.84 Å². The van der Waals surface area contributed by atoms with Crippen molar-refractivity contribution in [1.82, 2.24) is 20.4 Å². The van der Waals surface area contributed by atoms with E-state index in [0.717, 1.165) is 11.6 Å². The summed E-state index contributed by atoms with van der Waals surface area (Å²) in [5, 5.41) is 18.6. The number of carboxylic acids is 1. The normalized spacial score (nSPS) is 10.1. The van der Waals surface area contributed by atoms with Gasteiger partial charge in [-0.05, 0) is 42.7 Å². The Balaban J connectivity index is 1.89. The molecular weight excluding hydrogens is 363 g/mol. The van der Waals surface area contributed by atoms with Gasteiger partial charge in [0.15, 0.2) is 11.5 Å². The molecule has 130 valence electrons. The Morgan fingerprint density at radius 3 is 2.85 bits per heavy atom. The fourth-order valence-electron chi connectivity index (χ4n) is 1.95. The number of H-pyrrole nitrogens is 1. The lowest BCUT2D eigenvalue weighted by Gasteiger charge is -2.02. The predicted molar refractivity (Wildman–Crippen MR) is 89.8 cm³/mol. The van der Waals surface area contributed by atoms with Crippen molar-refractivity contribution in [2.24, 2.45) is 0 Å². The maximum Gasteiger partial charge on any atom is 0.359 e. The van der Waals surface area contributed by atoms with Crippen molar-refractivity contribution in [2.75, 3.05) is 0 Å². The van der Waals surface area contributed by atoms with Crippen molar-refractivity contribution in [3.05, 3.63) is 63.7 Å². The van der Waals surface area contributed by atoms with E-state index in [1.54, 1.807) is 18.2 Å². The van der Waals surface area contributed by atoms with Gasteiger partial charge in [0, 0.05) is 16.7 Å². The summed E-state index contributed by atoms with van der Waals surface area (Å²) in [7, 11) is 0. The molecule has 7 nitrogen and oxygen atoms in total. The molecule has 3 aromatic rings. The predicted octanol–water partition coefficient (Wildman–Crippen LogP) is 3.19. The van der Waals surface area contributed by atoms with Crippen molar-refractivity contribution in [1.29, 1.82) is 0 Å². The van der Waals surface area contributed by atoms with Gasteiger partial charge in [-0.15, -0.1) is 0 Å². The topological polar surface area (TPSA) is 101 Å². The highest BCUT2D eigenvalue weighted by atomic mass is 35.5. The Morgan fingerprint density at radius 2 is 2.12 bits per heavy atom. The van der Waals surface area contributed by atoms with Crippen LogP contribution < -0.4 is 4.74 Å². The SMILES string of the molecule is Cc1cc(C#Cc2nc(Oc3nn[nH]c3C(=O)O)ccc2F)ccc1Cl. The molecule has 0 atom stereocenters. The zero-order valence-electron chi connectivity index (χ0n) is 13.2. The molecule has 2 aromatic heterocycles. The molecule has 0 bridgehead atoms. The van der Waals surface area contributed by atoms with Crippen LogP contribution in [0.3, 0.4) is 0 Å². The van der Waals surface area contributed by atoms with Crippen LogP contribution in [0.4, 0.5) is 4.39 Å². The van der Waals surface area contributed by atoms with Crippen molar-refractivity contribution in [2.45, 2.75) is 6.92 Å². The lowest BCUT2D eigenvalue weighted by atomic mass is 10.1. The van der Waals surface area contributed by atoms with Crippen molar-refractivity contribution < 1.29 is 19.0 Å². The molecule has 2 N–H and O–H groups in total. The summed E-state index contributed by atoms with van der Waals surface area (Å²) in [6.45, 7) is 1.83. The van der Waals surface area contributed by atoms with Gasteiger partial charge in [0.1, 0.15) is 0 Å². The first-order valence-corrected chi connectivity index (χ1v) is 7.59. The van der Waals surface area contributed by atoms with Crippen LogP contribution in [0.15, 0.2) is 30.3 Å². The average Bonchev–Trinajstić information content (AvgIpc) is 3.06. The molecule has 0 saturated carbocycles. The lowest BCUT2D eigenvalue weighted by Crippen LogP contribution is -2.01. The molecule has 1 aromatic carbocycles. The third kappa shape index (κ3) is 3.79. The fourth-order valence-corrected chi connectivity index (χ4v) is 2.07. The van der Waals surface area contributed by atoms with Crippen molar-refractivity contribution >= 4 is 17.6 Å². The number of nitrogens with zero attached hydrogens (tertiary/aromatic N) is 3. The number of rotatable bonds is 3. The molecule has 9 heteroatoms. The molecule has 0 amide bonds. The van der Waals surface area contributed by atoms with Crippen molar-refractivity contribution in [3.8, 4) is 23.6 Å². The first-order valence-electron chi connectivity index (χ1n) is 7.21. The molecule has 0 unspecified atom stereocenters. The van der Waals surface area contributed by atoms with Crippen LogP contribution in [0.25, 0.3) is 0 Å². The summed E-state index contributed by atoms with van der Waals surface area (Å²) in [4.78, 5) is 14.9. The Bertz CT molecular complexity index is 1060. The largest absolute Gasteiger partial charge is 0.476 e. The van der Waals surface area contributed by atoms with E-state index < -0.39 is 11.8 Å². The number of aromatic amines is 1. The van der Waals surface area contributed by atoms with Crippen LogP contribution in [-0.4, -0.2) is 31.5 Å². The van der Waals surface area contributed by atoms with Crippen molar-refractivity contribution in [3.63, 3.8) is 0 Å². The second-order valence-electron chi connectivity index (χ2n) is 5.09. The van der Waals surface area contributed by atoms with Gasteiger partial charge in [0.2, 0.25) is 11.6 Å². The van der Waals surface area contributed by atoms with Gasteiger partial charge in [-0.1, -0.05) is 27.8 Å². The summed E-state index contributed by atoms with van der Waals surface area (Å²) in [6.07, 6.45) is 0. The van der Waals surface area contributed by atoms with Gasteiger partial charge >= 0.3 is 5.97 Å². The number of aromatic nitrogens is 4. The zero-order chi connectivity index (χ0) is 18.7. The number of carboxylic acid groups (broad SMARTS) is 1. The zero-order valence-corrected chi connectivity index (χ0v) is 14.0. The molecule has 0 aliphatic carbocycles. The third-order valence-corrected chi connectivity index (χ3v) is 3.66. The van der Waals surface area contributed by atoms with E-state index in [-0.39, 0.29) is 23.1 Å². The Hall–Kier alpha value is -3.44. The number of pyridine rings is 1. The molecule has 2 heterocycles. The molecule has 0 spiro atoms. The number of aromatic carboxylic acids is 1. The monoisotopic (exact) mass is 372 g/mol. The summed E-state index contributed by atoms with van der Waals surface area (Å²) in [5.41, 5.74) is 0.983. The first kappa shape index (κ1) is 17.4. The Labute approximate surface area is 151 Å². The number of nitrogens with one attached hydrogen (secondary N) is 1. The number of halogens is 2. The highest BCUT2D eigenvalue weighted by molar-refractivity contribution is 6.31. The molecular formula is C17H10ClFN4O3. The second kappa shape index (κ2) is 7.21. The highest BCUT2D eigenvalue weighted by Gasteiger charge is 2.17. The average molecular weight is 373 g/mol. The molecule has 26 heavy (non-hydrogen) atoms. The molecule has 0 aliphatic heterocycles. The third-order valence-electron chi connectivity index (χ3n) is 3.24. The minimum Gasteiger partial charge on any atom is -0.476 e. The number of carbonyl (C=O) groups is 1. The fraction of sp³-hybridized carbons (Fsp3) is 0.0588. The quantitative estimate of drug-likeness (QED) is 0.685. The number of ether oxygens (including phenoxy) is 1. The number of benzene rings is 1. The van der Waals surface area contributed by atoms with Gasteiger partial charge in [-0.25, -0.2) is 19.3 Å². The van der Waals surface area contributed by atoms with Gasteiger partial charge in [0.05, 0.1) is 0 Å². The molecule has 0 fully saturated rings. The first-order chi connectivity index (χ1) is 12.4. The number of aryl methyl sites for hydroxylation is 1. The smallest absolute Gasteiger partial charge is 0.359 e. The molecule has 0 aliphatic rings. The minimum absolute atomic E-state index is 0.0700. The molecule has 0 saturated heterocycles. The second-order valence-corrected chi connectivity index (χ2v) is 5.50. The highest BCUT2D eigenvalue weighted by Crippen LogP contribution is 2.21.